The maximum absolute atomic E-state index is 12.1. The monoisotopic (exact) mass is 459 g/mol. The van der Waals surface area contributed by atoms with E-state index in [1.165, 1.54) is 0 Å². The third-order valence-electron chi connectivity index (χ3n) is 4.52. The van der Waals surface area contributed by atoms with Gasteiger partial charge in [-0.15, -0.1) is 24.0 Å². The molecule has 23 heavy (non-hydrogen) atoms. The van der Waals surface area contributed by atoms with Crippen molar-refractivity contribution in [2.45, 2.75) is 38.4 Å². The van der Waals surface area contributed by atoms with E-state index in [0.29, 0.717) is 19.0 Å². The van der Waals surface area contributed by atoms with Gasteiger partial charge in [-0.25, -0.2) is 8.42 Å². The van der Waals surface area contributed by atoms with Crippen LogP contribution in [0.4, 0.5) is 0 Å². The van der Waals surface area contributed by atoms with Crippen molar-refractivity contribution in [3.05, 3.63) is 0 Å². The number of rotatable bonds is 3. The molecule has 0 aromatic heterocycles. The summed E-state index contributed by atoms with van der Waals surface area (Å²) in [4.78, 5) is 6.84. The van der Waals surface area contributed by atoms with E-state index >= 15 is 0 Å². The molecule has 136 valence electrons. The Labute approximate surface area is 157 Å². The highest BCUT2D eigenvalue weighted by molar-refractivity contribution is 14.0. The summed E-state index contributed by atoms with van der Waals surface area (Å²) >= 11 is 0. The fourth-order valence-electron chi connectivity index (χ4n) is 2.89. The summed E-state index contributed by atoms with van der Waals surface area (Å²) in [6.45, 7) is 9.88. The Hall–Kier alpha value is -0.0900. The lowest BCUT2D eigenvalue weighted by Gasteiger charge is -2.39. The van der Waals surface area contributed by atoms with Gasteiger partial charge in [0.15, 0.2) is 15.8 Å². The Bertz CT molecular complexity index is 502. The van der Waals surface area contributed by atoms with Gasteiger partial charge in [0.25, 0.3) is 0 Å². The van der Waals surface area contributed by atoms with E-state index in [1.54, 1.807) is 13.8 Å². The van der Waals surface area contributed by atoms with Crippen LogP contribution in [0.1, 0.15) is 33.6 Å². The van der Waals surface area contributed by atoms with Crippen LogP contribution in [-0.2, 0) is 14.6 Å². The average Bonchev–Trinajstić information content (AvgIpc) is 2.47. The molecular formula is C15H30IN3O3S. The molecule has 0 aromatic rings. The van der Waals surface area contributed by atoms with Gasteiger partial charge in [0.05, 0.1) is 10.5 Å². The first-order chi connectivity index (χ1) is 10.4. The molecule has 0 aliphatic carbocycles. The van der Waals surface area contributed by atoms with E-state index in [9.17, 15) is 8.42 Å². The molecule has 0 radical (unpaired) electrons. The zero-order valence-corrected chi connectivity index (χ0v) is 17.5. The largest absolute Gasteiger partial charge is 0.381 e. The van der Waals surface area contributed by atoms with Gasteiger partial charge in [0, 0.05) is 39.4 Å². The number of hydrogen-bond acceptors (Lipinski definition) is 4. The minimum atomic E-state index is -3.02. The van der Waals surface area contributed by atoms with E-state index in [2.05, 4.69) is 10.2 Å². The summed E-state index contributed by atoms with van der Waals surface area (Å²) in [5.74, 6) is 1.61. The summed E-state index contributed by atoms with van der Waals surface area (Å²) in [6.07, 6.45) is 2.12. The summed E-state index contributed by atoms with van der Waals surface area (Å²) in [7, 11) is -3.02. The summed E-state index contributed by atoms with van der Waals surface area (Å²) in [5, 5.41) is 3.31. The van der Waals surface area contributed by atoms with Crippen LogP contribution in [0, 0.1) is 5.92 Å². The minimum Gasteiger partial charge on any atom is -0.381 e. The van der Waals surface area contributed by atoms with Gasteiger partial charge in [-0.1, -0.05) is 0 Å². The second-order valence-electron chi connectivity index (χ2n) is 6.75. The van der Waals surface area contributed by atoms with Gasteiger partial charge in [-0.3, -0.25) is 4.99 Å². The van der Waals surface area contributed by atoms with Crippen molar-refractivity contribution in [1.29, 1.82) is 0 Å². The van der Waals surface area contributed by atoms with Gasteiger partial charge < -0.3 is 15.0 Å². The van der Waals surface area contributed by atoms with Crippen molar-refractivity contribution < 1.29 is 13.2 Å². The summed E-state index contributed by atoms with van der Waals surface area (Å²) in [5.41, 5.74) is 0. The quantitative estimate of drug-likeness (QED) is 0.394. The standard InChI is InChI=1S/C15H29N3O3S.HI/c1-4-16-14(17-11-13-5-8-21-9-6-13)18-7-10-22(19,20)15(2,3)12-18;/h13H,4-12H2,1-3H3,(H,16,17);1H. The molecule has 2 saturated heterocycles. The molecular weight excluding hydrogens is 429 g/mol. The fourth-order valence-corrected chi connectivity index (χ4v) is 4.26. The predicted octanol–water partition coefficient (Wildman–Crippen LogP) is 1.51. The number of sulfone groups is 1. The number of ether oxygens (including phenoxy) is 1. The maximum Gasteiger partial charge on any atom is 0.194 e. The van der Waals surface area contributed by atoms with Crippen molar-refractivity contribution >= 4 is 39.8 Å². The summed E-state index contributed by atoms with van der Waals surface area (Å²) < 4.78 is 28.9. The SMILES string of the molecule is CCNC(=NCC1CCOCC1)N1CCS(=O)(=O)C(C)(C)C1.I. The Kier molecular flexibility index (Phi) is 8.06. The average molecular weight is 459 g/mol. The normalized spacial score (nSPS) is 24.8. The molecule has 0 unspecified atom stereocenters. The first-order valence-electron chi connectivity index (χ1n) is 8.19. The van der Waals surface area contributed by atoms with Crippen LogP contribution in [-0.4, -0.2) is 69.2 Å². The summed E-state index contributed by atoms with van der Waals surface area (Å²) in [6, 6.07) is 0. The highest BCUT2D eigenvalue weighted by atomic mass is 127. The van der Waals surface area contributed by atoms with E-state index in [4.69, 9.17) is 9.73 Å². The second-order valence-corrected chi connectivity index (χ2v) is 9.49. The molecule has 0 amide bonds. The minimum absolute atomic E-state index is 0. The molecule has 2 rings (SSSR count). The third kappa shape index (κ3) is 5.45. The molecule has 8 heteroatoms. The molecule has 0 spiro atoms. The van der Waals surface area contributed by atoms with Gasteiger partial charge in [-0.2, -0.15) is 0 Å². The van der Waals surface area contributed by atoms with Crippen LogP contribution in [0.5, 0.6) is 0 Å². The van der Waals surface area contributed by atoms with Crippen LogP contribution >= 0.6 is 24.0 Å². The van der Waals surface area contributed by atoms with Crippen LogP contribution in [0.25, 0.3) is 0 Å². The van der Waals surface area contributed by atoms with Crippen molar-refractivity contribution in [3.63, 3.8) is 0 Å². The number of hydrogen-bond donors (Lipinski definition) is 1. The van der Waals surface area contributed by atoms with Gasteiger partial charge in [0.2, 0.25) is 0 Å². The van der Waals surface area contributed by atoms with Gasteiger partial charge in [0.1, 0.15) is 0 Å². The maximum atomic E-state index is 12.1. The highest BCUT2D eigenvalue weighted by Crippen LogP contribution is 2.24. The molecule has 2 heterocycles. The number of guanidine groups is 1. The Balaban J connectivity index is 0.00000264. The number of aliphatic imine (C=N–C) groups is 1. The number of halogens is 1. The fraction of sp³-hybridized carbons (Fsp3) is 0.933. The second kappa shape index (κ2) is 8.84. The van der Waals surface area contributed by atoms with E-state index in [0.717, 1.165) is 45.1 Å². The lowest BCUT2D eigenvalue weighted by molar-refractivity contribution is 0.0688. The van der Waals surface area contributed by atoms with Crippen molar-refractivity contribution in [1.82, 2.24) is 10.2 Å². The Morgan fingerprint density at radius 2 is 2.00 bits per heavy atom. The van der Waals surface area contributed by atoms with Crippen LogP contribution in [0.3, 0.4) is 0 Å². The molecule has 1 N–H and O–H groups in total. The topological polar surface area (TPSA) is 71.0 Å². The first kappa shape index (κ1) is 21.0. The van der Waals surface area contributed by atoms with E-state index < -0.39 is 14.6 Å². The van der Waals surface area contributed by atoms with E-state index in [1.807, 2.05) is 6.92 Å². The zero-order chi connectivity index (χ0) is 16.2. The number of nitrogens with zero attached hydrogens (tertiary/aromatic N) is 2. The van der Waals surface area contributed by atoms with Crippen LogP contribution in [0.2, 0.25) is 0 Å². The Morgan fingerprint density at radius 1 is 1.35 bits per heavy atom. The van der Waals surface area contributed by atoms with Crippen molar-refractivity contribution in [2.24, 2.45) is 10.9 Å². The van der Waals surface area contributed by atoms with E-state index in [-0.39, 0.29) is 29.7 Å². The van der Waals surface area contributed by atoms with Crippen LogP contribution < -0.4 is 5.32 Å². The molecule has 0 atom stereocenters. The molecule has 0 saturated carbocycles. The molecule has 0 bridgehead atoms. The zero-order valence-electron chi connectivity index (χ0n) is 14.4. The van der Waals surface area contributed by atoms with Crippen LogP contribution in [0.15, 0.2) is 4.99 Å². The predicted molar refractivity (Wildman–Crippen MR) is 104 cm³/mol. The molecule has 0 aromatic carbocycles. The Morgan fingerprint density at radius 3 is 2.57 bits per heavy atom. The van der Waals surface area contributed by atoms with Crippen molar-refractivity contribution in [2.75, 3.05) is 45.1 Å². The van der Waals surface area contributed by atoms with Gasteiger partial charge in [-0.05, 0) is 39.5 Å². The highest BCUT2D eigenvalue weighted by Gasteiger charge is 2.40. The smallest absolute Gasteiger partial charge is 0.194 e. The first-order valence-corrected chi connectivity index (χ1v) is 9.84. The lowest BCUT2D eigenvalue weighted by Crippen LogP contribution is -2.57. The van der Waals surface area contributed by atoms with Gasteiger partial charge >= 0.3 is 0 Å². The van der Waals surface area contributed by atoms with Crippen molar-refractivity contribution in [3.8, 4) is 0 Å². The molecule has 6 nitrogen and oxygen atoms in total. The molecule has 2 fully saturated rings. The third-order valence-corrected chi connectivity index (χ3v) is 7.05. The molecule has 2 aliphatic heterocycles. The lowest BCUT2D eigenvalue weighted by atomic mass is 10.0. The number of nitrogens with one attached hydrogen (secondary N) is 1. The molecule has 2 aliphatic rings.